The van der Waals surface area contributed by atoms with Gasteiger partial charge in [-0.1, -0.05) is 26.2 Å². The van der Waals surface area contributed by atoms with Crippen molar-refractivity contribution in [2.24, 2.45) is 5.92 Å². The van der Waals surface area contributed by atoms with Gasteiger partial charge in [-0.15, -0.1) is 0 Å². The normalized spacial score (nSPS) is 32.7. The maximum atomic E-state index is 3.82. The highest BCUT2D eigenvalue weighted by atomic mass is 15.3. The van der Waals surface area contributed by atoms with E-state index in [-0.39, 0.29) is 0 Å². The molecule has 1 saturated heterocycles. The molecule has 2 rings (SSSR count). The Kier molecular flexibility index (Phi) is 4.71. The van der Waals surface area contributed by atoms with Crippen molar-refractivity contribution in [3.05, 3.63) is 0 Å². The topological polar surface area (TPSA) is 15.3 Å². The van der Waals surface area contributed by atoms with Crippen LogP contribution in [0.3, 0.4) is 0 Å². The Morgan fingerprint density at radius 2 is 1.83 bits per heavy atom. The lowest BCUT2D eigenvalue weighted by Crippen LogP contribution is -2.63. The molecule has 2 unspecified atom stereocenters. The predicted molar refractivity (Wildman–Crippen MR) is 78.9 cm³/mol. The Bertz CT molecular complexity index is 256. The van der Waals surface area contributed by atoms with Crippen LogP contribution in [0.15, 0.2) is 0 Å². The fraction of sp³-hybridized carbons (Fsp3) is 1.00. The molecule has 1 saturated carbocycles. The summed E-state index contributed by atoms with van der Waals surface area (Å²) in [6, 6.07) is 1.42. The Balaban J connectivity index is 1.99. The first kappa shape index (κ1) is 14.3. The van der Waals surface area contributed by atoms with E-state index in [1.165, 1.54) is 51.6 Å². The zero-order chi connectivity index (χ0) is 13.2. The molecule has 0 amide bonds. The van der Waals surface area contributed by atoms with Gasteiger partial charge in [0.25, 0.3) is 0 Å². The quantitative estimate of drug-likeness (QED) is 0.828. The van der Waals surface area contributed by atoms with Crippen molar-refractivity contribution in [2.45, 2.75) is 83.8 Å². The van der Waals surface area contributed by atoms with Gasteiger partial charge in [0.2, 0.25) is 0 Å². The Hall–Kier alpha value is -0.0800. The number of nitrogens with one attached hydrogen (secondary N) is 1. The van der Waals surface area contributed by atoms with Gasteiger partial charge in [-0.05, 0) is 46.0 Å². The van der Waals surface area contributed by atoms with Crippen molar-refractivity contribution in [1.29, 1.82) is 0 Å². The fourth-order valence-electron chi connectivity index (χ4n) is 3.79. The van der Waals surface area contributed by atoms with Crippen LogP contribution in [0, 0.1) is 5.92 Å². The summed E-state index contributed by atoms with van der Waals surface area (Å²) in [7, 11) is 0. The Morgan fingerprint density at radius 3 is 2.44 bits per heavy atom. The largest absolute Gasteiger partial charge is 0.311 e. The second-order valence-corrected chi connectivity index (χ2v) is 7.08. The Morgan fingerprint density at radius 1 is 1.17 bits per heavy atom. The summed E-state index contributed by atoms with van der Waals surface area (Å²) in [6.07, 6.45) is 8.52. The molecule has 0 radical (unpaired) electrons. The van der Waals surface area contributed by atoms with E-state index in [0.717, 1.165) is 12.0 Å². The molecule has 1 heterocycles. The van der Waals surface area contributed by atoms with Gasteiger partial charge in [0.05, 0.1) is 0 Å². The molecule has 0 bridgehead atoms. The van der Waals surface area contributed by atoms with Crippen LogP contribution in [0.4, 0.5) is 0 Å². The second-order valence-electron chi connectivity index (χ2n) is 7.08. The zero-order valence-corrected chi connectivity index (χ0v) is 12.8. The molecule has 18 heavy (non-hydrogen) atoms. The maximum Gasteiger partial charge on any atom is 0.0224 e. The van der Waals surface area contributed by atoms with Crippen LogP contribution in [0.2, 0.25) is 0 Å². The molecule has 2 aliphatic rings. The molecule has 0 spiro atoms. The molecule has 0 aromatic carbocycles. The van der Waals surface area contributed by atoms with Crippen LogP contribution in [0.5, 0.6) is 0 Å². The standard InChI is InChI=1S/C16H32N2/c1-5-16(3,4)18-12-15(17-11-13(18)2)14-9-7-6-8-10-14/h13-15,17H,5-12H2,1-4H3. The smallest absolute Gasteiger partial charge is 0.0224 e. The highest BCUT2D eigenvalue weighted by molar-refractivity contribution is 4.94. The van der Waals surface area contributed by atoms with Gasteiger partial charge in [0.1, 0.15) is 0 Å². The van der Waals surface area contributed by atoms with E-state index < -0.39 is 0 Å². The SMILES string of the molecule is CCC(C)(C)N1CC(C2CCCCC2)NCC1C. The maximum absolute atomic E-state index is 3.82. The molecule has 1 aliphatic carbocycles. The average Bonchev–Trinajstić information content (AvgIpc) is 2.40. The summed E-state index contributed by atoms with van der Waals surface area (Å²) in [6.45, 7) is 11.9. The van der Waals surface area contributed by atoms with Crippen molar-refractivity contribution >= 4 is 0 Å². The van der Waals surface area contributed by atoms with Crippen LogP contribution in [-0.2, 0) is 0 Å². The van der Waals surface area contributed by atoms with Gasteiger partial charge in [-0.3, -0.25) is 4.90 Å². The lowest BCUT2D eigenvalue weighted by molar-refractivity contribution is 0.0198. The van der Waals surface area contributed by atoms with Crippen LogP contribution < -0.4 is 5.32 Å². The van der Waals surface area contributed by atoms with Gasteiger partial charge >= 0.3 is 0 Å². The lowest BCUT2D eigenvalue weighted by atomic mass is 9.81. The van der Waals surface area contributed by atoms with Gasteiger partial charge in [-0.2, -0.15) is 0 Å². The highest BCUT2D eigenvalue weighted by Crippen LogP contribution is 2.31. The van der Waals surface area contributed by atoms with Crippen molar-refractivity contribution in [1.82, 2.24) is 10.2 Å². The summed E-state index contributed by atoms with van der Waals surface area (Å²) in [4.78, 5) is 2.75. The van der Waals surface area contributed by atoms with Gasteiger partial charge in [0, 0.05) is 30.7 Å². The fourth-order valence-corrected chi connectivity index (χ4v) is 3.79. The van der Waals surface area contributed by atoms with Crippen molar-refractivity contribution in [3.8, 4) is 0 Å². The zero-order valence-electron chi connectivity index (χ0n) is 12.8. The summed E-state index contributed by atoms with van der Waals surface area (Å²) in [5.41, 5.74) is 0.356. The molecular formula is C16H32N2. The minimum atomic E-state index is 0.356. The summed E-state index contributed by atoms with van der Waals surface area (Å²) in [5, 5.41) is 3.82. The van der Waals surface area contributed by atoms with Crippen LogP contribution in [0.1, 0.15) is 66.2 Å². The summed E-state index contributed by atoms with van der Waals surface area (Å²) < 4.78 is 0. The van der Waals surface area contributed by atoms with Crippen molar-refractivity contribution in [3.63, 3.8) is 0 Å². The van der Waals surface area contributed by atoms with Gasteiger partial charge in [0.15, 0.2) is 0 Å². The molecule has 0 aromatic heterocycles. The molecule has 2 atom stereocenters. The third-order valence-corrected chi connectivity index (χ3v) is 5.46. The summed E-state index contributed by atoms with van der Waals surface area (Å²) >= 11 is 0. The molecule has 106 valence electrons. The van der Waals surface area contributed by atoms with E-state index >= 15 is 0 Å². The third-order valence-electron chi connectivity index (χ3n) is 5.46. The van der Waals surface area contributed by atoms with E-state index in [4.69, 9.17) is 0 Å². The molecule has 1 aliphatic heterocycles. The number of hydrogen-bond donors (Lipinski definition) is 1. The number of rotatable bonds is 3. The van der Waals surface area contributed by atoms with Gasteiger partial charge < -0.3 is 5.32 Å². The van der Waals surface area contributed by atoms with E-state index in [1.807, 2.05) is 0 Å². The Labute approximate surface area is 114 Å². The molecule has 2 nitrogen and oxygen atoms in total. The van der Waals surface area contributed by atoms with Crippen molar-refractivity contribution in [2.75, 3.05) is 13.1 Å². The van der Waals surface area contributed by atoms with Crippen molar-refractivity contribution < 1.29 is 0 Å². The van der Waals surface area contributed by atoms with E-state index in [9.17, 15) is 0 Å². The molecule has 2 heteroatoms. The monoisotopic (exact) mass is 252 g/mol. The second kappa shape index (κ2) is 5.92. The molecule has 2 fully saturated rings. The first-order valence-electron chi connectivity index (χ1n) is 8.04. The first-order chi connectivity index (χ1) is 8.54. The van der Waals surface area contributed by atoms with Crippen LogP contribution in [0.25, 0.3) is 0 Å². The first-order valence-corrected chi connectivity index (χ1v) is 8.04. The number of nitrogens with zero attached hydrogens (tertiary/aromatic N) is 1. The average molecular weight is 252 g/mol. The molecule has 1 N–H and O–H groups in total. The van der Waals surface area contributed by atoms with E-state index in [1.54, 1.807) is 0 Å². The van der Waals surface area contributed by atoms with E-state index in [0.29, 0.717) is 11.6 Å². The third kappa shape index (κ3) is 3.08. The minimum Gasteiger partial charge on any atom is -0.311 e. The number of piperazine rings is 1. The molecular weight excluding hydrogens is 220 g/mol. The highest BCUT2D eigenvalue weighted by Gasteiger charge is 2.36. The van der Waals surface area contributed by atoms with Crippen LogP contribution >= 0.6 is 0 Å². The van der Waals surface area contributed by atoms with Crippen LogP contribution in [-0.4, -0.2) is 35.6 Å². The minimum absolute atomic E-state index is 0.356. The number of hydrogen-bond acceptors (Lipinski definition) is 2. The predicted octanol–water partition coefficient (Wildman–Crippen LogP) is 3.42. The molecule has 0 aromatic rings. The van der Waals surface area contributed by atoms with Gasteiger partial charge in [-0.25, -0.2) is 0 Å². The summed E-state index contributed by atoms with van der Waals surface area (Å²) in [5.74, 6) is 0.932. The lowest BCUT2D eigenvalue weighted by Gasteiger charge is -2.49. The van der Waals surface area contributed by atoms with E-state index in [2.05, 4.69) is 37.9 Å².